The maximum Gasteiger partial charge on any atom is 0.165 e. The van der Waals surface area contributed by atoms with Crippen LogP contribution in [-0.2, 0) is 11.2 Å². The van der Waals surface area contributed by atoms with Gasteiger partial charge in [-0.05, 0) is 19.4 Å². The second-order valence-corrected chi connectivity index (χ2v) is 3.31. The fraction of sp³-hybridized carbons (Fsp3) is 0.364. The van der Waals surface area contributed by atoms with E-state index in [9.17, 15) is 4.79 Å². The molecule has 0 aromatic heterocycles. The van der Waals surface area contributed by atoms with Crippen LogP contribution in [0.5, 0.6) is 0 Å². The summed E-state index contributed by atoms with van der Waals surface area (Å²) in [7, 11) is 0. The summed E-state index contributed by atoms with van der Waals surface area (Å²) in [6.45, 7) is 3.48. The van der Waals surface area contributed by atoms with Crippen LogP contribution in [-0.4, -0.2) is 17.0 Å². The molecular weight excluding hydrogens is 164 g/mol. The minimum absolute atomic E-state index is 0.134. The SMILES string of the molecule is Cc1cccc(CC(=O)C(C)O)c1. The first kappa shape index (κ1) is 9.93. The highest BCUT2D eigenvalue weighted by molar-refractivity contribution is 5.84. The quantitative estimate of drug-likeness (QED) is 0.761. The number of carbonyl (C=O) groups is 1. The van der Waals surface area contributed by atoms with E-state index in [0.717, 1.165) is 11.1 Å². The van der Waals surface area contributed by atoms with Crippen LogP contribution < -0.4 is 0 Å². The Bertz CT molecular complexity index is 303. The van der Waals surface area contributed by atoms with Gasteiger partial charge in [0, 0.05) is 6.42 Å². The number of hydrogen-bond donors (Lipinski definition) is 1. The minimum atomic E-state index is -0.861. The largest absolute Gasteiger partial charge is 0.386 e. The predicted octanol–water partition coefficient (Wildman–Crippen LogP) is 1.49. The first-order valence-corrected chi connectivity index (χ1v) is 4.36. The van der Waals surface area contributed by atoms with Gasteiger partial charge in [0.15, 0.2) is 5.78 Å². The highest BCUT2D eigenvalue weighted by Crippen LogP contribution is 2.05. The molecule has 13 heavy (non-hydrogen) atoms. The van der Waals surface area contributed by atoms with Crippen molar-refractivity contribution in [2.75, 3.05) is 0 Å². The van der Waals surface area contributed by atoms with Crippen molar-refractivity contribution in [3.63, 3.8) is 0 Å². The molecule has 0 saturated carbocycles. The van der Waals surface area contributed by atoms with Gasteiger partial charge in [-0.3, -0.25) is 4.79 Å². The van der Waals surface area contributed by atoms with Crippen molar-refractivity contribution in [3.05, 3.63) is 35.4 Å². The van der Waals surface area contributed by atoms with E-state index in [1.807, 2.05) is 31.2 Å². The number of ketones is 1. The van der Waals surface area contributed by atoms with E-state index >= 15 is 0 Å². The van der Waals surface area contributed by atoms with Crippen LogP contribution in [0.25, 0.3) is 0 Å². The van der Waals surface area contributed by atoms with Crippen molar-refractivity contribution >= 4 is 5.78 Å². The molecule has 2 nitrogen and oxygen atoms in total. The lowest BCUT2D eigenvalue weighted by molar-refractivity contribution is -0.125. The first-order chi connectivity index (χ1) is 6.09. The number of Topliss-reactive ketones (excluding diaryl/α,β-unsaturated/α-hetero) is 1. The summed E-state index contributed by atoms with van der Waals surface area (Å²) >= 11 is 0. The number of aryl methyl sites for hydroxylation is 1. The lowest BCUT2D eigenvalue weighted by atomic mass is 10.0. The van der Waals surface area contributed by atoms with Crippen molar-refractivity contribution in [3.8, 4) is 0 Å². The highest BCUT2D eigenvalue weighted by Gasteiger charge is 2.09. The topological polar surface area (TPSA) is 37.3 Å². The third kappa shape index (κ3) is 2.99. The van der Waals surface area contributed by atoms with Gasteiger partial charge in [0.1, 0.15) is 6.10 Å². The number of carbonyl (C=O) groups excluding carboxylic acids is 1. The van der Waals surface area contributed by atoms with Crippen LogP contribution in [0, 0.1) is 6.92 Å². The fourth-order valence-electron chi connectivity index (χ4n) is 1.17. The van der Waals surface area contributed by atoms with Gasteiger partial charge in [0.05, 0.1) is 0 Å². The molecule has 1 aromatic carbocycles. The maximum absolute atomic E-state index is 11.2. The summed E-state index contributed by atoms with van der Waals surface area (Å²) in [6, 6.07) is 7.75. The standard InChI is InChI=1S/C11H14O2/c1-8-4-3-5-10(6-8)7-11(13)9(2)12/h3-6,9,12H,7H2,1-2H3. The normalized spacial score (nSPS) is 12.5. The Labute approximate surface area is 78.2 Å². The molecule has 2 heteroatoms. The Morgan fingerprint density at radius 1 is 1.54 bits per heavy atom. The van der Waals surface area contributed by atoms with E-state index in [0.29, 0.717) is 6.42 Å². The van der Waals surface area contributed by atoms with E-state index in [1.165, 1.54) is 6.92 Å². The Morgan fingerprint density at radius 2 is 2.23 bits per heavy atom. The predicted molar refractivity (Wildman–Crippen MR) is 51.6 cm³/mol. The number of benzene rings is 1. The average molecular weight is 178 g/mol. The molecule has 1 unspecified atom stereocenters. The maximum atomic E-state index is 11.2. The van der Waals surface area contributed by atoms with Crippen LogP contribution in [0.1, 0.15) is 18.1 Å². The van der Waals surface area contributed by atoms with Crippen molar-refractivity contribution in [1.29, 1.82) is 0 Å². The van der Waals surface area contributed by atoms with E-state index < -0.39 is 6.10 Å². The summed E-state index contributed by atoms with van der Waals surface area (Å²) in [4.78, 5) is 11.2. The summed E-state index contributed by atoms with van der Waals surface area (Å²) < 4.78 is 0. The molecule has 0 aliphatic rings. The Kier molecular flexibility index (Phi) is 3.20. The van der Waals surface area contributed by atoms with Crippen LogP contribution in [0.15, 0.2) is 24.3 Å². The molecule has 1 N–H and O–H groups in total. The van der Waals surface area contributed by atoms with Gasteiger partial charge >= 0.3 is 0 Å². The minimum Gasteiger partial charge on any atom is -0.386 e. The monoisotopic (exact) mass is 178 g/mol. The molecule has 0 fully saturated rings. The average Bonchev–Trinajstić information content (AvgIpc) is 2.04. The van der Waals surface area contributed by atoms with Crippen molar-refractivity contribution in [2.24, 2.45) is 0 Å². The molecule has 1 aromatic rings. The fourth-order valence-corrected chi connectivity index (χ4v) is 1.17. The highest BCUT2D eigenvalue weighted by atomic mass is 16.3. The smallest absolute Gasteiger partial charge is 0.165 e. The van der Waals surface area contributed by atoms with E-state index in [-0.39, 0.29) is 5.78 Å². The summed E-state index contributed by atoms with van der Waals surface area (Å²) in [6.07, 6.45) is -0.542. The van der Waals surface area contributed by atoms with Gasteiger partial charge in [0.2, 0.25) is 0 Å². The van der Waals surface area contributed by atoms with Gasteiger partial charge in [-0.15, -0.1) is 0 Å². The Balaban J connectivity index is 2.69. The van der Waals surface area contributed by atoms with E-state index in [4.69, 9.17) is 5.11 Å². The van der Waals surface area contributed by atoms with Crippen molar-refractivity contribution in [2.45, 2.75) is 26.4 Å². The summed E-state index contributed by atoms with van der Waals surface area (Å²) in [5.74, 6) is -0.134. The lowest BCUT2D eigenvalue weighted by Gasteiger charge is -2.03. The van der Waals surface area contributed by atoms with Gasteiger partial charge in [-0.2, -0.15) is 0 Å². The third-order valence-corrected chi connectivity index (χ3v) is 1.93. The molecule has 0 aliphatic carbocycles. The molecule has 0 radical (unpaired) electrons. The van der Waals surface area contributed by atoms with Crippen LogP contribution in [0.2, 0.25) is 0 Å². The van der Waals surface area contributed by atoms with Gasteiger partial charge in [-0.1, -0.05) is 29.8 Å². The second-order valence-electron chi connectivity index (χ2n) is 3.31. The van der Waals surface area contributed by atoms with Crippen LogP contribution >= 0.6 is 0 Å². The van der Waals surface area contributed by atoms with E-state index in [1.54, 1.807) is 0 Å². The summed E-state index contributed by atoms with van der Waals surface area (Å²) in [5, 5.41) is 9.00. The van der Waals surface area contributed by atoms with Gasteiger partial charge in [0.25, 0.3) is 0 Å². The molecule has 0 bridgehead atoms. The van der Waals surface area contributed by atoms with Crippen LogP contribution in [0.4, 0.5) is 0 Å². The second kappa shape index (κ2) is 4.19. The zero-order valence-corrected chi connectivity index (χ0v) is 7.95. The molecule has 0 spiro atoms. The Hall–Kier alpha value is -1.15. The molecule has 0 aliphatic heterocycles. The first-order valence-electron chi connectivity index (χ1n) is 4.36. The zero-order valence-electron chi connectivity index (χ0n) is 7.95. The van der Waals surface area contributed by atoms with E-state index in [2.05, 4.69) is 0 Å². The van der Waals surface area contributed by atoms with Crippen LogP contribution in [0.3, 0.4) is 0 Å². The van der Waals surface area contributed by atoms with Crippen molar-refractivity contribution in [1.82, 2.24) is 0 Å². The zero-order chi connectivity index (χ0) is 9.84. The lowest BCUT2D eigenvalue weighted by Crippen LogP contribution is -2.18. The molecule has 70 valence electrons. The molecule has 0 amide bonds. The molecule has 1 rings (SSSR count). The molecule has 1 atom stereocenters. The summed E-state index contributed by atoms with van der Waals surface area (Å²) in [5.41, 5.74) is 2.10. The molecule has 0 saturated heterocycles. The molecule has 0 heterocycles. The number of aliphatic hydroxyl groups is 1. The number of aliphatic hydroxyl groups excluding tert-OH is 1. The third-order valence-electron chi connectivity index (χ3n) is 1.93. The number of hydrogen-bond acceptors (Lipinski definition) is 2. The molecular formula is C11H14O2. The number of rotatable bonds is 3. The van der Waals surface area contributed by atoms with Gasteiger partial charge < -0.3 is 5.11 Å². The van der Waals surface area contributed by atoms with Gasteiger partial charge in [-0.25, -0.2) is 0 Å². The van der Waals surface area contributed by atoms with Crippen molar-refractivity contribution < 1.29 is 9.90 Å². The Morgan fingerprint density at radius 3 is 2.77 bits per heavy atom.